The zero-order valence-corrected chi connectivity index (χ0v) is 24.5. The van der Waals surface area contributed by atoms with Gasteiger partial charge < -0.3 is 77.3 Å². The summed E-state index contributed by atoms with van der Waals surface area (Å²) in [6.45, 7) is 2.53. The van der Waals surface area contributed by atoms with Crippen molar-refractivity contribution in [2.75, 3.05) is 19.8 Å². The molecular formula is C27H54N4O11. The summed E-state index contributed by atoms with van der Waals surface area (Å²) in [5.74, 6) is 0. The molecule has 1 saturated carbocycles. The van der Waals surface area contributed by atoms with Gasteiger partial charge in [0.05, 0.1) is 12.6 Å². The highest BCUT2D eigenvalue weighted by Gasteiger charge is 2.51. The van der Waals surface area contributed by atoms with Crippen LogP contribution >= 0.6 is 0 Å². The first-order valence-electron chi connectivity index (χ1n) is 15.3. The predicted molar refractivity (Wildman–Crippen MR) is 150 cm³/mol. The van der Waals surface area contributed by atoms with Crippen LogP contribution in [0.2, 0.25) is 0 Å². The Labute approximate surface area is 247 Å². The molecule has 15 atom stereocenters. The number of nitrogens with two attached hydrogens (primary N) is 4. The Bertz CT molecular complexity index is 774. The quantitative estimate of drug-likeness (QED) is 0.0805. The minimum absolute atomic E-state index is 0.0283. The number of ether oxygens (including phenoxy) is 5. The second-order valence-corrected chi connectivity index (χ2v) is 11.8. The molecule has 248 valence electrons. The van der Waals surface area contributed by atoms with Gasteiger partial charge in [0.1, 0.15) is 61.0 Å². The number of aliphatic hydroxyl groups excluding tert-OH is 6. The molecule has 2 heterocycles. The fourth-order valence-corrected chi connectivity index (χ4v) is 5.75. The summed E-state index contributed by atoms with van der Waals surface area (Å²) in [7, 11) is 0. The molecule has 15 heteroatoms. The van der Waals surface area contributed by atoms with Gasteiger partial charge in [0.25, 0.3) is 0 Å². The Balaban J connectivity index is 1.57. The third-order valence-corrected chi connectivity index (χ3v) is 8.48. The van der Waals surface area contributed by atoms with E-state index in [9.17, 15) is 30.6 Å². The number of rotatable bonds is 15. The lowest BCUT2D eigenvalue weighted by molar-refractivity contribution is -0.332. The molecule has 0 bridgehead atoms. The molecular weight excluding hydrogens is 556 g/mol. The van der Waals surface area contributed by atoms with Crippen LogP contribution in [-0.2, 0) is 23.7 Å². The first-order valence-corrected chi connectivity index (χ1v) is 15.3. The van der Waals surface area contributed by atoms with Crippen LogP contribution in [0, 0.1) is 0 Å². The van der Waals surface area contributed by atoms with Crippen LogP contribution in [-0.4, -0.2) is 142 Å². The zero-order chi connectivity index (χ0) is 31.0. The summed E-state index contributed by atoms with van der Waals surface area (Å²) in [6, 6.07) is -2.74. The van der Waals surface area contributed by atoms with Crippen molar-refractivity contribution in [2.24, 2.45) is 22.9 Å². The number of aliphatic hydroxyl groups is 6. The van der Waals surface area contributed by atoms with Gasteiger partial charge in [0.15, 0.2) is 12.6 Å². The summed E-state index contributed by atoms with van der Waals surface area (Å²) in [5, 5.41) is 63.1. The van der Waals surface area contributed by atoms with E-state index in [4.69, 9.17) is 46.6 Å². The highest BCUT2D eigenvalue weighted by molar-refractivity contribution is 5.01. The minimum atomic E-state index is -1.65. The average Bonchev–Trinajstić information content (AvgIpc) is 2.96. The van der Waals surface area contributed by atoms with E-state index in [-0.39, 0.29) is 19.6 Å². The third-order valence-electron chi connectivity index (χ3n) is 8.48. The van der Waals surface area contributed by atoms with Crippen LogP contribution in [0.15, 0.2) is 0 Å². The van der Waals surface area contributed by atoms with Crippen molar-refractivity contribution in [2.45, 2.75) is 150 Å². The van der Waals surface area contributed by atoms with E-state index in [1.54, 1.807) is 0 Å². The average molecular weight is 611 g/mol. The van der Waals surface area contributed by atoms with Crippen LogP contribution < -0.4 is 22.9 Å². The Morgan fingerprint density at radius 3 is 1.79 bits per heavy atom. The molecule has 2 aliphatic heterocycles. The molecule has 3 aliphatic rings. The summed E-state index contributed by atoms with van der Waals surface area (Å²) >= 11 is 0. The van der Waals surface area contributed by atoms with Gasteiger partial charge in [0.2, 0.25) is 0 Å². The second-order valence-electron chi connectivity index (χ2n) is 11.8. The molecule has 42 heavy (non-hydrogen) atoms. The lowest BCUT2D eigenvalue weighted by Crippen LogP contribution is -2.68. The highest BCUT2D eigenvalue weighted by atomic mass is 16.7. The van der Waals surface area contributed by atoms with Crippen LogP contribution in [0.25, 0.3) is 0 Å². The maximum absolute atomic E-state index is 11.2. The zero-order valence-electron chi connectivity index (χ0n) is 24.5. The Morgan fingerprint density at radius 2 is 1.19 bits per heavy atom. The van der Waals surface area contributed by atoms with Crippen LogP contribution in [0.4, 0.5) is 0 Å². The first-order chi connectivity index (χ1) is 20.0. The van der Waals surface area contributed by atoms with Crippen molar-refractivity contribution in [3.05, 3.63) is 0 Å². The van der Waals surface area contributed by atoms with Gasteiger partial charge >= 0.3 is 0 Å². The van der Waals surface area contributed by atoms with E-state index >= 15 is 0 Å². The maximum atomic E-state index is 11.2. The second kappa shape index (κ2) is 17.2. The summed E-state index contributed by atoms with van der Waals surface area (Å²) < 4.78 is 28.8. The molecule has 0 spiro atoms. The van der Waals surface area contributed by atoms with E-state index in [0.717, 1.165) is 19.3 Å². The van der Waals surface area contributed by atoms with Crippen molar-refractivity contribution >= 4 is 0 Å². The molecule has 15 nitrogen and oxygen atoms in total. The Kier molecular flexibility index (Phi) is 14.7. The summed E-state index contributed by atoms with van der Waals surface area (Å²) in [5.41, 5.74) is 24.1. The van der Waals surface area contributed by atoms with E-state index in [1.165, 1.54) is 25.7 Å². The first kappa shape index (κ1) is 35.9. The third kappa shape index (κ3) is 8.99. The molecule has 2 saturated heterocycles. The van der Waals surface area contributed by atoms with Crippen LogP contribution in [0.5, 0.6) is 0 Å². The fourth-order valence-electron chi connectivity index (χ4n) is 5.75. The predicted octanol–water partition coefficient (Wildman–Crippen LogP) is -3.52. The monoisotopic (exact) mass is 610 g/mol. The molecule has 0 aromatic carbocycles. The van der Waals surface area contributed by atoms with E-state index in [2.05, 4.69) is 6.92 Å². The highest BCUT2D eigenvalue weighted by Crippen LogP contribution is 2.31. The van der Waals surface area contributed by atoms with Gasteiger partial charge in [-0.3, -0.25) is 0 Å². The summed E-state index contributed by atoms with van der Waals surface area (Å²) in [6.07, 6.45) is -7.87. The van der Waals surface area contributed by atoms with Crippen LogP contribution in [0.3, 0.4) is 0 Å². The lowest BCUT2D eigenvalue weighted by Gasteiger charge is -2.48. The van der Waals surface area contributed by atoms with Crippen molar-refractivity contribution in [3.63, 3.8) is 0 Å². The standard InChI is InChI=1S/C27H54N4O11/c1-2-3-4-5-6-7-8-9-38-12-16-18(32)17(31)20(34)26(40-16)41-24-13(29)10-14(30)25(23(24)37)42-27-22(36)21(35)19(33)15(11-28)39-27/h13-27,32-37H,2-12,28-31H2,1H3/t13-,14+,15-,16-,17+,18-,19-,20-,21+,22-,23-,24+,25-,26-,27-/m1/s1. The van der Waals surface area contributed by atoms with Crippen molar-refractivity contribution in [1.29, 1.82) is 0 Å². The molecule has 3 rings (SSSR count). The number of unbranched alkanes of at least 4 members (excludes halogenated alkanes) is 6. The maximum Gasteiger partial charge on any atom is 0.187 e. The fraction of sp³-hybridized carbons (Fsp3) is 1.00. The SMILES string of the molecule is CCCCCCCCCOC[C@H]1O[C@H](O[C@@H]2[C@@H](O)[C@H](O[C@H]3O[C@H](CN)[C@@H](O)[C@H](O)[C@H]3O)[C@@H](N)C[C@H]2N)[C@H](O)[C@@H](N)[C@@H]1O. The molecule has 0 aromatic rings. The molecule has 1 aliphatic carbocycles. The van der Waals surface area contributed by atoms with Crippen LogP contribution in [0.1, 0.15) is 58.3 Å². The van der Waals surface area contributed by atoms with Gasteiger partial charge in [-0.1, -0.05) is 45.4 Å². The van der Waals surface area contributed by atoms with Crippen molar-refractivity contribution in [3.8, 4) is 0 Å². The van der Waals surface area contributed by atoms with Gasteiger partial charge in [-0.2, -0.15) is 0 Å². The van der Waals surface area contributed by atoms with Crippen molar-refractivity contribution in [1.82, 2.24) is 0 Å². The normalized spacial score (nSPS) is 44.8. The van der Waals surface area contributed by atoms with Crippen molar-refractivity contribution < 1.29 is 54.3 Å². The summed E-state index contributed by atoms with van der Waals surface area (Å²) in [4.78, 5) is 0. The Morgan fingerprint density at radius 1 is 0.643 bits per heavy atom. The smallest absolute Gasteiger partial charge is 0.187 e. The molecule has 14 N–H and O–H groups in total. The van der Waals surface area contributed by atoms with Gasteiger partial charge in [-0.05, 0) is 12.8 Å². The largest absolute Gasteiger partial charge is 0.389 e. The van der Waals surface area contributed by atoms with Gasteiger partial charge in [0, 0.05) is 25.2 Å². The van der Waals surface area contributed by atoms with E-state index in [1.807, 2.05) is 0 Å². The topological polar surface area (TPSA) is 272 Å². The number of hydrogen-bond acceptors (Lipinski definition) is 15. The van der Waals surface area contributed by atoms with Gasteiger partial charge in [-0.15, -0.1) is 0 Å². The molecule has 0 aromatic heterocycles. The Hall–Kier alpha value is -0.600. The molecule has 0 amide bonds. The van der Waals surface area contributed by atoms with Gasteiger partial charge in [-0.25, -0.2) is 0 Å². The molecule has 0 radical (unpaired) electrons. The van der Waals surface area contributed by atoms with E-state index < -0.39 is 91.7 Å². The molecule has 0 unspecified atom stereocenters. The van der Waals surface area contributed by atoms with E-state index in [0.29, 0.717) is 6.61 Å². The number of hydrogen-bond donors (Lipinski definition) is 10. The minimum Gasteiger partial charge on any atom is -0.389 e. The lowest BCUT2D eigenvalue weighted by atomic mass is 9.84. The molecule has 3 fully saturated rings.